The van der Waals surface area contributed by atoms with Crippen LogP contribution in [0.25, 0.3) is 5.65 Å². The minimum atomic E-state index is -1.05. The maximum absolute atomic E-state index is 11.3. The van der Waals surface area contributed by atoms with E-state index < -0.39 is 18.6 Å². The molecule has 0 aliphatic rings. The second kappa shape index (κ2) is 4.98. The molecule has 0 unspecified atom stereocenters. The third-order valence-corrected chi connectivity index (χ3v) is 2.23. The van der Waals surface area contributed by atoms with Gasteiger partial charge < -0.3 is 20.7 Å². The summed E-state index contributed by atoms with van der Waals surface area (Å²) in [7, 11) is 0. The average Bonchev–Trinajstić information content (AvgIpc) is 2.74. The molecule has 96 valence electrons. The highest BCUT2D eigenvalue weighted by Gasteiger charge is 2.20. The van der Waals surface area contributed by atoms with Crippen molar-refractivity contribution in [1.82, 2.24) is 14.6 Å². The SMILES string of the molecule is NC(=O)c1c(OC[C@@H](O)CO)nn2cccnc12. The maximum Gasteiger partial charge on any atom is 0.258 e. The van der Waals surface area contributed by atoms with Crippen molar-refractivity contribution >= 4 is 11.6 Å². The zero-order chi connectivity index (χ0) is 13.1. The van der Waals surface area contributed by atoms with Gasteiger partial charge in [-0.3, -0.25) is 4.79 Å². The normalized spacial score (nSPS) is 12.6. The summed E-state index contributed by atoms with van der Waals surface area (Å²) < 4.78 is 6.50. The number of primary amides is 1. The number of hydrogen-bond donors (Lipinski definition) is 3. The summed E-state index contributed by atoms with van der Waals surface area (Å²) in [4.78, 5) is 15.3. The van der Waals surface area contributed by atoms with Gasteiger partial charge in [0.2, 0.25) is 5.88 Å². The molecule has 0 radical (unpaired) electrons. The van der Waals surface area contributed by atoms with Crippen LogP contribution in [0.15, 0.2) is 18.5 Å². The Morgan fingerprint density at radius 1 is 1.61 bits per heavy atom. The molecule has 0 aliphatic carbocycles. The molecule has 2 aromatic heterocycles. The van der Waals surface area contributed by atoms with Crippen molar-refractivity contribution in [3.8, 4) is 5.88 Å². The van der Waals surface area contributed by atoms with Crippen LogP contribution < -0.4 is 10.5 Å². The molecule has 2 aromatic rings. The quantitative estimate of drug-likeness (QED) is 0.599. The topological polar surface area (TPSA) is 123 Å². The number of hydrogen-bond acceptors (Lipinski definition) is 6. The fourth-order valence-corrected chi connectivity index (χ4v) is 1.41. The number of rotatable bonds is 5. The van der Waals surface area contributed by atoms with Gasteiger partial charge in [-0.2, -0.15) is 0 Å². The van der Waals surface area contributed by atoms with E-state index in [1.54, 1.807) is 12.3 Å². The molecule has 2 heterocycles. The fraction of sp³-hybridized carbons (Fsp3) is 0.300. The number of nitrogens with zero attached hydrogens (tertiary/aromatic N) is 3. The minimum absolute atomic E-state index is 0.0197. The molecule has 2 rings (SSSR count). The molecule has 4 N–H and O–H groups in total. The van der Waals surface area contributed by atoms with Gasteiger partial charge >= 0.3 is 0 Å². The van der Waals surface area contributed by atoms with Gasteiger partial charge in [-0.1, -0.05) is 0 Å². The number of aliphatic hydroxyl groups is 2. The van der Waals surface area contributed by atoms with Crippen molar-refractivity contribution in [1.29, 1.82) is 0 Å². The van der Waals surface area contributed by atoms with E-state index in [0.29, 0.717) is 0 Å². The van der Waals surface area contributed by atoms with E-state index in [-0.39, 0.29) is 23.7 Å². The van der Waals surface area contributed by atoms with Gasteiger partial charge in [-0.25, -0.2) is 9.50 Å². The Morgan fingerprint density at radius 2 is 2.39 bits per heavy atom. The Hall–Kier alpha value is -2.19. The van der Waals surface area contributed by atoms with Crippen LogP contribution in [-0.4, -0.2) is 50.0 Å². The van der Waals surface area contributed by atoms with Crippen molar-refractivity contribution in [2.24, 2.45) is 5.73 Å². The summed E-state index contributed by atoms with van der Waals surface area (Å²) in [5.74, 6) is -0.745. The molecule has 1 atom stereocenters. The molecule has 0 saturated carbocycles. The molecule has 1 amide bonds. The number of aromatic nitrogens is 3. The van der Waals surface area contributed by atoms with Gasteiger partial charge in [-0.05, 0) is 6.07 Å². The van der Waals surface area contributed by atoms with Crippen LogP contribution in [0.5, 0.6) is 5.88 Å². The van der Waals surface area contributed by atoms with Crippen LogP contribution in [-0.2, 0) is 0 Å². The Morgan fingerprint density at radius 3 is 3.06 bits per heavy atom. The lowest BCUT2D eigenvalue weighted by Crippen LogP contribution is -2.22. The van der Waals surface area contributed by atoms with Gasteiger partial charge in [0.05, 0.1) is 6.61 Å². The molecule has 0 spiro atoms. The largest absolute Gasteiger partial charge is 0.473 e. The highest BCUT2D eigenvalue weighted by Crippen LogP contribution is 2.20. The van der Waals surface area contributed by atoms with E-state index in [2.05, 4.69) is 10.1 Å². The van der Waals surface area contributed by atoms with Crippen molar-refractivity contribution < 1.29 is 19.7 Å². The van der Waals surface area contributed by atoms with Gasteiger partial charge in [0.15, 0.2) is 5.65 Å². The summed E-state index contributed by atoms with van der Waals surface area (Å²) in [6, 6.07) is 1.64. The third kappa shape index (κ3) is 2.24. The van der Waals surface area contributed by atoms with Crippen LogP contribution in [0.1, 0.15) is 10.4 Å². The van der Waals surface area contributed by atoms with Gasteiger partial charge in [0.25, 0.3) is 5.91 Å². The summed E-state index contributed by atoms with van der Waals surface area (Å²) in [5.41, 5.74) is 5.56. The first-order valence-corrected chi connectivity index (χ1v) is 5.18. The Kier molecular flexibility index (Phi) is 3.40. The van der Waals surface area contributed by atoms with Crippen molar-refractivity contribution in [2.45, 2.75) is 6.10 Å². The van der Waals surface area contributed by atoms with Gasteiger partial charge in [-0.15, -0.1) is 5.10 Å². The first-order chi connectivity index (χ1) is 8.63. The summed E-state index contributed by atoms with van der Waals surface area (Å²) in [5, 5.41) is 21.8. The second-order valence-electron chi connectivity index (χ2n) is 3.58. The minimum Gasteiger partial charge on any atom is -0.473 e. The first-order valence-electron chi connectivity index (χ1n) is 5.18. The summed E-state index contributed by atoms with van der Waals surface area (Å²) in [6.07, 6.45) is 2.03. The van der Waals surface area contributed by atoms with E-state index in [1.807, 2.05) is 0 Å². The zero-order valence-corrected chi connectivity index (χ0v) is 9.35. The van der Waals surface area contributed by atoms with E-state index in [1.165, 1.54) is 10.7 Å². The predicted octanol–water partition coefficient (Wildman–Crippen LogP) is -1.44. The molecular formula is C10H12N4O4. The lowest BCUT2D eigenvalue weighted by Gasteiger charge is -2.07. The summed E-state index contributed by atoms with van der Waals surface area (Å²) >= 11 is 0. The predicted molar refractivity (Wildman–Crippen MR) is 60.1 cm³/mol. The number of ether oxygens (including phenoxy) is 1. The fourth-order valence-electron chi connectivity index (χ4n) is 1.41. The molecule has 0 fully saturated rings. The second-order valence-corrected chi connectivity index (χ2v) is 3.58. The number of amides is 1. The number of carbonyl (C=O) groups excluding carboxylic acids is 1. The smallest absolute Gasteiger partial charge is 0.258 e. The Balaban J connectivity index is 2.37. The Labute approximate surface area is 102 Å². The van der Waals surface area contributed by atoms with Crippen LogP contribution in [0.2, 0.25) is 0 Å². The van der Waals surface area contributed by atoms with Crippen LogP contribution >= 0.6 is 0 Å². The van der Waals surface area contributed by atoms with Crippen molar-refractivity contribution in [3.05, 3.63) is 24.0 Å². The average molecular weight is 252 g/mol. The lowest BCUT2D eigenvalue weighted by atomic mass is 10.3. The van der Waals surface area contributed by atoms with Crippen LogP contribution in [0, 0.1) is 0 Å². The number of aliphatic hydroxyl groups excluding tert-OH is 2. The number of carbonyl (C=O) groups is 1. The van der Waals surface area contributed by atoms with Crippen LogP contribution in [0.4, 0.5) is 0 Å². The van der Waals surface area contributed by atoms with E-state index >= 15 is 0 Å². The van der Waals surface area contributed by atoms with Crippen molar-refractivity contribution in [3.63, 3.8) is 0 Å². The molecular weight excluding hydrogens is 240 g/mol. The molecule has 0 saturated heterocycles. The molecule has 8 heteroatoms. The zero-order valence-electron chi connectivity index (χ0n) is 9.35. The van der Waals surface area contributed by atoms with Gasteiger partial charge in [0, 0.05) is 12.4 Å². The lowest BCUT2D eigenvalue weighted by molar-refractivity contribution is 0.0516. The third-order valence-electron chi connectivity index (χ3n) is 2.23. The monoisotopic (exact) mass is 252 g/mol. The highest BCUT2D eigenvalue weighted by atomic mass is 16.5. The number of fused-ring (bicyclic) bond motifs is 1. The molecule has 0 bridgehead atoms. The standard InChI is InChI=1S/C10H12N4O4/c11-8(17)7-9-12-2-1-3-14(9)13-10(7)18-5-6(16)4-15/h1-3,6,15-16H,4-5H2,(H2,11,17)/t6-/m0/s1. The molecule has 8 nitrogen and oxygen atoms in total. The summed E-state index contributed by atoms with van der Waals surface area (Å²) in [6.45, 7) is -0.641. The molecule has 0 aliphatic heterocycles. The van der Waals surface area contributed by atoms with Crippen molar-refractivity contribution in [2.75, 3.05) is 13.2 Å². The van der Waals surface area contributed by atoms with Crippen LogP contribution in [0.3, 0.4) is 0 Å². The highest BCUT2D eigenvalue weighted by molar-refractivity contribution is 6.01. The van der Waals surface area contributed by atoms with E-state index in [9.17, 15) is 9.90 Å². The van der Waals surface area contributed by atoms with Gasteiger partial charge in [0.1, 0.15) is 18.3 Å². The molecule has 0 aromatic carbocycles. The number of nitrogens with two attached hydrogens (primary N) is 1. The molecule has 18 heavy (non-hydrogen) atoms. The first kappa shape index (κ1) is 12.3. The maximum atomic E-state index is 11.3. The Bertz CT molecular complexity index is 568. The van der Waals surface area contributed by atoms with E-state index in [4.69, 9.17) is 15.6 Å². The van der Waals surface area contributed by atoms with E-state index in [0.717, 1.165) is 0 Å².